The number of fused-ring (bicyclic) bond motifs is 12. The van der Waals surface area contributed by atoms with Crippen LogP contribution >= 0.6 is 0 Å². The number of amides is 4. The summed E-state index contributed by atoms with van der Waals surface area (Å²) in [6.45, 7) is 20.8. The molecule has 5 N–H and O–H groups in total. The number of hydrogen-bond acceptors (Lipinski definition) is 13. The second kappa shape index (κ2) is 29.2. The van der Waals surface area contributed by atoms with E-state index in [1.807, 2.05) is 103 Å². The van der Waals surface area contributed by atoms with Gasteiger partial charge in [-0.25, -0.2) is 19.2 Å². The molecule has 110 heavy (non-hydrogen) atoms. The lowest BCUT2D eigenvalue weighted by molar-refractivity contribution is -0.139. The Morgan fingerprint density at radius 2 is 0.664 bits per heavy atom. The standard InChI is InChI=1S/C91H75N7O12/c1-50(2)87(103)107-45-41-93-83(99)58-33-25-54(26-34-58)71-70-49-91-77-75(72(80-67-22-14-13-21-66(67)79(71)97(80)91)55-27-35-59(36-28-55)84(100)94-42-46-108-88(104)51(3)4)63-18-10-11-19-64(63)76(77)73(56-29-37-60(38-30-56)85(101)95-43-47-109-89(105)52(5)6)81-68-23-15-16-24-69(68)82(98(81)91)74(78(92)65-20-12-9-17-62(65)70)57-31-39-61(40-32-57)86(102)96-44-48-110-90(106)53(7)8/h9-40,92H,1,3,5,7,41-49H2,2,4,6,8H3,(H,93,99)(H,94,100)(H,95,101)(H,96,102). The summed E-state index contributed by atoms with van der Waals surface area (Å²) in [6, 6.07) is 62.9. The molecule has 6 heterocycles. The van der Waals surface area contributed by atoms with Crippen LogP contribution in [0.25, 0.3) is 60.6 Å². The quantitative estimate of drug-likeness (QED) is 0.0164. The minimum Gasteiger partial charge on any atom is -0.460 e. The van der Waals surface area contributed by atoms with Crippen LogP contribution in [0.2, 0.25) is 0 Å². The van der Waals surface area contributed by atoms with E-state index < -0.39 is 35.4 Å². The van der Waals surface area contributed by atoms with E-state index in [-0.39, 0.29) is 105 Å². The zero-order valence-electron chi connectivity index (χ0n) is 61.0. The van der Waals surface area contributed by atoms with E-state index in [9.17, 15) is 43.8 Å². The van der Waals surface area contributed by atoms with Crippen molar-refractivity contribution in [2.24, 2.45) is 0 Å². The van der Waals surface area contributed by atoms with Gasteiger partial charge >= 0.3 is 23.9 Å². The van der Waals surface area contributed by atoms with Gasteiger partial charge in [0, 0.05) is 117 Å². The van der Waals surface area contributed by atoms with Gasteiger partial charge in [0.15, 0.2) is 5.66 Å². The normalized spacial score (nSPS) is 14.6. The number of rotatable bonds is 24. The highest BCUT2D eigenvalue weighted by Gasteiger charge is 2.58. The average molecular weight is 1460 g/mol. The van der Waals surface area contributed by atoms with Crippen LogP contribution < -0.4 is 32.0 Å². The van der Waals surface area contributed by atoms with Gasteiger partial charge in [0.2, 0.25) is 0 Å². The Balaban J connectivity index is 1.04. The molecule has 1 atom stereocenters. The van der Waals surface area contributed by atoms with Gasteiger partial charge in [0.05, 0.1) is 54.0 Å². The summed E-state index contributed by atoms with van der Waals surface area (Å²) in [5, 5.41) is 27.9. The third-order valence-electron chi connectivity index (χ3n) is 20.4. The summed E-state index contributed by atoms with van der Waals surface area (Å²) in [5.74, 6) is -3.80. The van der Waals surface area contributed by atoms with Gasteiger partial charge in [-0.05, 0) is 121 Å². The fraction of sp³-hybridized carbons (Fsp3) is 0.154. The molecule has 1 spiro atoms. The number of hydrogen-bond donors (Lipinski definition) is 5. The number of nitrogens with zero attached hydrogens (tertiary/aromatic N) is 2. The summed E-state index contributed by atoms with van der Waals surface area (Å²) in [5.41, 5.74) is 15.9. The van der Waals surface area contributed by atoms with Crippen LogP contribution in [0.15, 0.2) is 248 Å². The lowest BCUT2D eigenvalue weighted by Gasteiger charge is -2.51. The van der Waals surface area contributed by atoms with Crippen LogP contribution in [-0.2, 0) is 43.8 Å². The number of allylic oxidation sites excluding steroid dienone is 4. The molecule has 0 saturated carbocycles. The largest absolute Gasteiger partial charge is 0.460 e. The molecule has 19 heteroatoms. The van der Waals surface area contributed by atoms with E-state index in [1.54, 1.807) is 76.2 Å². The molecule has 15 rings (SSSR count). The Kier molecular flexibility index (Phi) is 19.0. The number of carbonyl (C=O) groups excluding carboxylic acids is 8. The first kappa shape index (κ1) is 71.8. The minimum atomic E-state index is -1.34. The maximum Gasteiger partial charge on any atom is 0.333 e. The van der Waals surface area contributed by atoms with Gasteiger partial charge in [-0.3, -0.25) is 24.6 Å². The Labute approximate surface area is 633 Å². The van der Waals surface area contributed by atoms with Crippen molar-refractivity contribution in [3.05, 3.63) is 337 Å². The molecule has 4 aliphatic heterocycles. The summed E-state index contributed by atoms with van der Waals surface area (Å²) >= 11 is 0. The molecule has 546 valence electrons. The average Bonchev–Trinajstić information content (AvgIpc) is 1.46. The highest BCUT2D eigenvalue weighted by molar-refractivity contribution is 6.34. The third kappa shape index (κ3) is 12.4. The molecule has 1 unspecified atom stereocenters. The van der Waals surface area contributed by atoms with Gasteiger partial charge < -0.3 is 49.3 Å². The van der Waals surface area contributed by atoms with Crippen molar-refractivity contribution in [2.75, 3.05) is 52.6 Å². The minimum absolute atomic E-state index is 0.0402. The molecule has 0 saturated heterocycles. The maximum absolute atomic E-state index is 14.2. The molecule has 10 aromatic rings. The van der Waals surface area contributed by atoms with Crippen LogP contribution in [0, 0.1) is 5.41 Å². The first-order chi connectivity index (χ1) is 53.2. The first-order valence-corrected chi connectivity index (χ1v) is 36.1. The van der Waals surface area contributed by atoms with Crippen molar-refractivity contribution in [1.82, 2.24) is 30.4 Å². The fourth-order valence-electron chi connectivity index (χ4n) is 15.6. The predicted octanol–water partition coefficient (Wildman–Crippen LogP) is 12.1. The highest BCUT2D eigenvalue weighted by atomic mass is 16.5. The second-order valence-electron chi connectivity index (χ2n) is 27.7. The molecular formula is C91H75N7O12. The van der Waals surface area contributed by atoms with Crippen molar-refractivity contribution in [3.8, 4) is 0 Å². The number of esters is 4. The van der Waals surface area contributed by atoms with Gasteiger partial charge in [-0.2, -0.15) is 0 Å². The van der Waals surface area contributed by atoms with E-state index in [2.05, 4.69) is 99.2 Å². The van der Waals surface area contributed by atoms with Crippen LogP contribution in [0.4, 0.5) is 0 Å². The lowest BCUT2D eigenvalue weighted by atomic mass is 9.71. The Bertz CT molecular complexity index is 6000. The monoisotopic (exact) mass is 1460 g/mol. The molecule has 19 nitrogen and oxygen atoms in total. The molecule has 0 radical (unpaired) electrons. The van der Waals surface area contributed by atoms with E-state index in [0.29, 0.717) is 44.3 Å². The highest BCUT2D eigenvalue weighted by Crippen LogP contribution is 2.66. The molecule has 0 fully saturated rings. The zero-order chi connectivity index (χ0) is 77.0. The van der Waals surface area contributed by atoms with Crippen molar-refractivity contribution >= 4 is 114 Å². The lowest BCUT2D eigenvalue weighted by Crippen LogP contribution is -2.58. The van der Waals surface area contributed by atoms with Gasteiger partial charge in [-0.1, -0.05) is 172 Å². The van der Waals surface area contributed by atoms with Crippen molar-refractivity contribution in [2.45, 2.75) is 39.8 Å². The van der Waals surface area contributed by atoms with Crippen LogP contribution in [0.5, 0.6) is 0 Å². The zero-order valence-corrected chi connectivity index (χ0v) is 61.0. The van der Waals surface area contributed by atoms with Gasteiger partial charge in [0.1, 0.15) is 26.4 Å². The van der Waals surface area contributed by atoms with E-state index in [4.69, 9.17) is 18.9 Å². The number of nitrogens with one attached hydrogen (secondary N) is 5. The van der Waals surface area contributed by atoms with Crippen LogP contribution in [-0.4, -0.2) is 115 Å². The van der Waals surface area contributed by atoms with Crippen molar-refractivity contribution in [3.63, 3.8) is 0 Å². The second-order valence-corrected chi connectivity index (χ2v) is 27.7. The van der Waals surface area contributed by atoms with E-state index >= 15 is 0 Å². The fourth-order valence-corrected chi connectivity index (χ4v) is 15.6. The molecule has 2 aromatic heterocycles. The molecule has 8 aromatic carbocycles. The predicted molar refractivity (Wildman–Crippen MR) is 423 cm³/mol. The topological polar surface area (TPSA) is 255 Å². The van der Waals surface area contributed by atoms with E-state index in [0.717, 1.165) is 111 Å². The summed E-state index contributed by atoms with van der Waals surface area (Å²) in [6.07, 6.45) is 0.256. The maximum atomic E-state index is 14.2. The Morgan fingerprint density at radius 3 is 1.05 bits per heavy atom. The van der Waals surface area contributed by atoms with Crippen LogP contribution in [0.3, 0.4) is 0 Å². The number of benzene rings is 8. The number of carbonyl (C=O) groups is 8. The molecular weight excluding hydrogens is 1380 g/mol. The smallest absolute Gasteiger partial charge is 0.333 e. The molecule has 2 bridgehead atoms. The van der Waals surface area contributed by atoms with Crippen LogP contribution in [0.1, 0.15) is 131 Å². The van der Waals surface area contributed by atoms with E-state index in [1.165, 1.54) is 0 Å². The van der Waals surface area contributed by atoms with Crippen molar-refractivity contribution < 1.29 is 57.3 Å². The summed E-state index contributed by atoms with van der Waals surface area (Å²) < 4.78 is 26.3. The summed E-state index contributed by atoms with van der Waals surface area (Å²) in [4.78, 5) is 106. The Morgan fingerprint density at radius 1 is 0.355 bits per heavy atom. The summed E-state index contributed by atoms with van der Waals surface area (Å²) in [7, 11) is 0. The number of ether oxygens (including phenoxy) is 4. The van der Waals surface area contributed by atoms with Gasteiger partial charge in [0.25, 0.3) is 23.6 Å². The first-order valence-electron chi connectivity index (χ1n) is 36.1. The molecule has 4 amide bonds. The van der Waals surface area contributed by atoms with Gasteiger partial charge in [-0.15, -0.1) is 0 Å². The molecule has 5 aliphatic rings. The Hall–Kier alpha value is -13.8. The van der Waals surface area contributed by atoms with Crippen molar-refractivity contribution in [1.29, 1.82) is 5.41 Å². The molecule has 1 aliphatic carbocycles. The SMILES string of the molecule is C=C(C)C(=O)OCCNC(=O)c1ccc(C2=C3CC45C6=C(C(c7ccc(C(=O)NCCOC(=O)C(=C)C)cc7)=c7c8ccccc8c(n74)=C(c4ccc(C(=O)NCCOC(=O)C(=C)C)cc4)C(=N)c4ccccc43)c3ccccc3C6=C(c3ccc(C(=O)NCCOC(=O)C(=C)C)cc3)c3c4ccccc4c2n35)cc1. The number of aromatic nitrogens is 2. The third-order valence-corrected chi connectivity index (χ3v) is 20.4.